The van der Waals surface area contributed by atoms with Crippen molar-refractivity contribution in [1.29, 1.82) is 5.26 Å². The lowest BCUT2D eigenvalue weighted by molar-refractivity contribution is -0.133. The zero-order valence-electron chi connectivity index (χ0n) is 31.8. The fraction of sp³-hybridized carbons (Fsp3) is 0.452. The number of nitrogens with one attached hydrogen (secondary N) is 2. The van der Waals surface area contributed by atoms with E-state index >= 15 is 4.39 Å². The van der Waals surface area contributed by atoms with Gasteiger partial charge < -0.3 is 29.5 Å². The monoisotopic (exact) mass is 745 g/mol. The van der Waals surface area contributed by atoms with Crippen molar-refractivity contribution in [3.05, 3.63) is 81.5 Å². The van der Waals surface area contributed by atoms with Gasteiger partial charge in [-0.25, -0.2) is 9.37 Å². The van der Waals surface area contributed by atoms with Gasteiger partial charge in [-0.2, -0.15) is 5.26 Å². The van der Waals surface area contributed by atoms with Crippen LogP contribution < -0.4 is 30.9 Å². The number of hydrogen-bond acceptors (Lipinski definition) is 10. The van der Waals surface area contributed by atoms with Crippen molar-refractivity contribution >= 4 is 51.3 Å². The number of amides is 2. The number of benzene rings is 2. The largest absolute Gasteiger partial charge is 0.372 e. The first-order valence-corrected chi connectivity index (χ1v) is 19.5. The van der Waals surface area contributed by atoms with E-state index in [-0.39, 0.29) is 17.9 Å². The molecule has 3 fully saturated rings. The summed E-state index contributed by atoms with van der Waals surface area (Å²) in [6.45, 7) is 7.95. The van der Waals surface area contributed by atoms with E-state index in [1.165, 1.54) is 11.6 Å². The van der Waals surface area contributed by atoms with Crippen molar-refractivity contribution in [3.8, 4) is 6.07 Å². The molecule has 4 aliphatic heterocycles. The number of likely N-dealkylation sites (N-methyl/N-ethyl adjacent to an activating group) is 1. The highest BCUT2D eigenvalue weighted by atomic mass is 19.1. The minimum absolute atomic E-state index is 0.0133. The van der Waals surface area contributed by atoms with Crippen LogP contribution >= 0.6 is 0 Å². The Kier molecular flexibility index (Phi) is 9.94. The molecule has 8 rings (SSSR count). The summed E-state index contributed by atoms with van der Waals surface area (Å²) >= 11 is 0. The Hall–Kier alpha value is -5.48. The molecule has 2 N–H and O–H groups in total. The van der Waals surface area contributed by atoms with Crippen LogP contribution in [0.4, 0.5) is 33.0 Å². The molecule has 4 aliphatic rings. The maximum Gasteiger partial charge on any atom is 0.253 e. The van der Waals surface area contributed by atoms with E-state index < -0.39 is 17.8 Å². The topological polar surface area (TPSA) is 130 Å². The summed E-state index contributed by atoms with van der Waals surface area (Å²) < 4.78 is 17.0. The third-order valence-corrected chi connectivity index (χ3v) is 12.2. The van der Waals surface area contributed by atoms with E-state index in [4.69, 9.17) is 0 Å². The summed E-state index contributed by atoms with van der Waals surface area (Å²) in [5.74, 6) is 0.0975. The Morgan fingerprint density at radius 1 is 0.909 bits per heavy atom. The smallest absolute Gasteiger partial charge is 0.253 e. The molecule has 2 aromatic carbocycles. The van der Waals surface area contributed by atoms with Crippen molar-refractivity contribution in [3.63, 3.8) is 0 Å². The second kappa shape index (κ2) is 15.0. The van der Waals surface area contributed by atoms with E-state index in [0.29, 0.717) is 40.9 Å². The SMILES string of the molecule is Cc1cc2c(N3CCN(C)c4ccc(C#N)cc43)cc(C3CCN(CC4CCN(c5ncc(NC6CCC(=O)NC6=O)cc5F)CC4)CC3)cc2n(C)c1=O. The van der Waals surface area contributed by atoms with Crippen LogP contribution in [0.5, 0.6) is 0 Å². The third-order valence-electron chi connectivity index (χ3n) is 12.2. The predicted molar refractivity (Wildman–Crippen MR) is 213 cm³/mol. The molecule has 55 heavy (non-hydrogen) atoms. The van der Waals surface area contributed by atoms with Crippen LogP contribution in [0.1, 0.15) is 61.1 Å². The number of hydrogen-bond donors (Lipinski definition) is 2. The van der Waals surface area contributed by atoms with E-state index in [1.807, 2.05) is 43.1 Å². The minimum Gasteiger partial charge on any atom is -0.372 e. The minimum atomic E-state index is -0.588. The highest BCUT2D eigenvalue weighted by Gasteiger charge is 2.30. The second-order valence-electron chi connectivity index (χ2n) is 15.7. The molecule has 0 spiro atoms. The van der Waals surface area contributed by atoms with E-state index in [0.717, 1.165) is 99.5 Å². The van der Waals surface area contributed by atoms with E-state index in [2.05, 4.69) is 55.6 Å². The van der Waals surface area contributed by atoms with Gasteiger partial charge in [0.25, 0.3) is 5.56 Å². The number of anilines is 5. The molecular formula is C42H48FN9O3. The van der Waals surface area contributed by atoms with Gasteiger partial charge in [0, 0.05) is 70.3 Å². The van der Waals surface area contributed by atoms with Crippen LogP contribution in [0.3, 0.4) is 0 Å². The number of fused-ring (bicyclic) bond motifs is 2. The van der Waals surface area contributed by atoms with Gasteiger partial charge in [-0.1, -0.05) is 0 Å². The molecule has 1 atom stereocenters. The number of rotatable bonds is 7. The Bertz CT molecular complexity index is 2250. The molecule has 12 nitrogen and oxygen atoms in total. The molecule has 13 heteroatoms. The first kappa shape index (κ1) is 36.5. The molecule has 2 amide bonds. The second-order valence-corrected chi connectivity index (χ2v) is 15.7. The van der Waals surface area contributed by atoms with Crippen LogP contribution in [0, 0.1) is 30.0 Å². The number of pyridine rings is 2. The van der Waals surface area contributed by atoms with Crippen molar-refractivity contribution in [2.45, 2.75) is 57.4 Å². The molecular weight excluding hydrogens is 698 g/mol. The quantitative estimate of drug-likeness (QED) is 0.245. The van der Waals surface area contributed by atoms with Gasteiger partial charge in [-0.05, 0) is 106 Å². The zero-order chi connectivity index (χ0) is 38.4. The van der Waals surface area contributed by atoms with Crippen molar-refractivity contribution < 1.29 is 14.0 Å². The molecule has 1 unspecified atom stereocenters. The van der Waals surface area contributed by atoms with E-state index in [1.54, 1.807) is 10.8 Å². The summed E-state index contributed by atoms with van der Waals surface area (Å²) in [6.07, 6.45) is 6.14. The van der Waals surface area contributed by atoms with Gasteiger partial charge in [0.05, 0.1) is 46.1 Å². The summed E-state index contributed by atoms with van der Waals surface area (Å²) in [5, 5.41) is 16.1. The lowest BCUT2D eigenvalue weighted by atomic mass is 9.87. The maximum absolute atomic E-state index is 15.2. The first-order valence-electron chi connectivity index (χ1n) is 19.5. The number of nitrogens with zero attached hydrogens (tertiary/aromatic N) is 7. The average molecular weight is 746 g/mol. The molecule has 2 aromatic heterocycles. The van der Waals surface area contributed by atoms with Gasteiger partial charge in [-0.15, -0.1) is 0 Å². The molecule has 0 bridgehead atoms. The van der Waals surface area contributed by atoms with Crippen LogP contribution in [0.15, 0.2) is 53.5 Å². The lowest BCUT2D eigenvalue weighted by Gasteiger charge is -2.39. The molecule has 286 valence electrons. The molecule has 6 heterocycles. The van der Waals surface area contributed by atoms with Crippen molar-refractivity contribution in [1.82, 2.24) is 19.8 Å². The fourth-order valence-corrected chi connectivity index (χ4v) is 8.97. The standard InChI is InChI=1S/C42H48FN9O3/c1-26-18-32-36(49(3)42(26)55)20-30(21-37(32)52-17-16-48(2)35-6-4-28(23-44)19-38(35)52)29-10-12-50(13-11-29)25-27-8-14-51(15-9-27)40-33(43)22-31(24-45-40)46-34-5-7-39(53)47-41(34)54/h4,6,18-22,24,27,29,34,46H,5,7-17,25H2,1-3H3,(H,47,53,54). The van der Waals surface area contributed by atoms with Crippen LogP contribution in [0.2, 0.25) is 0 Å². The van der Waals surface area contributed by atoms with Crippen LogP contribution in [-0.2, 0) is 16.6 Å². The summed E-state index contributed by atoms with van der Waals surface area (Å²) in [6, 6.07) is 15.6. The number of imide groups is 1. The molecule has 0 radical (unpaired) electrons. The number of likely N-dealkylation sites (tertiary alicyclic amines) is 1. The number of carbonyl (C=O) groups is 2. The Morgan fingerprint density at radius 2 is 1.69 bits per heavy atom. The normalized spacial score (nSPS) is 20.1. The highest BCUT2D eigenvalue weighted by molar-refractivity contribution is 6.01. The summed E-state index contributed by atoms with van der Waals surface area (Å²) in [7, 11) is 3.95. The van der Waals surface area contributed by atoms with Gasteiger partial charge in [0.2, 0.25) is 11.8 Å². The Morgan fingerprint density at radius 3 is 2.42 bits per heavy atom. The van der Waals surface area contributed by atoms with E-state index in [9.17, 15) is 19.6 Å². The lowest BCUT2D eigenvalue weighted by Crippen LogP contribution is -2.47. The number of aryl methyl sites for hydroxylation is 2. The third kappa shape index (κ3) is 7.23. The average Bonchev–Trinajstić information content (AvgIpc) is 3.19. The Balaban J connectivity index is 0.924. The summed E-state index contributed by atoms with van der Waals surface area (Å²) in [5.41, 5.74) is 7.13. The fourth-order valence-electron chi connectivity index (χ4n) is 8.97. The number of carbonyl (C=O) groups excluding carboxylic acids is 2. The first-order chi connectivity index (χ1) is 26.6. The van der Waals surface area contributed by atoms with Gasteiger partial charge in [0.1, 0.15) is 6.04 Å². The summed E-state index contributed by atoms with van der Waals surface area (Å²) in [4.78, 5) is 50.3. The van der Waals surface area contributed by atoms with Crippen molar-refractivity contribution in [2.24, 2.45) is 13.0 Å². The molecule has 3 saturated heterocycles. The van der Waals surface area contributed by atoms with Gasteiger partial charge in [0.15, 0.2) is 11.6 Å². The van der Waals surface area contributed by atoms with Crippen LogP contribution in [0.25, 0.3) is 10.9 Å². The number of aromatic nitrogens is 2. The predicted octanol–water partition coefficient (Wildman–Crippen LogP) is 5.15. The number of piperidine rings is 3. The van der Waals surface area contributed by atoms with Crippen LogP contribution in [-0.4, -0.2) is 85.2 Å². The molecule has 0 aliphatic carbocycles. The van der Waals surface area contributed by atoms with Gasteiger partial charge >= 0.3 is 0 Å². The zero-order valence-corrected chi connectivity index (χ0v) is 31.8. The number of nitriles is 1. The maximum atomic E-state index is 15.2. The molecule has 4 aromatic rings. The van der Waals surface area contributed by atoms with Gasteiger partial charge in [-0.3, -0.25) is 19.7 Å². The highest BCUT2D eigenvalue weighted by Crippen LogP contribution is 2.43. The van der Waals surface area contributed by atoms with Crippen molar-refractivity contribution in [2.75, 3.05) is 72.9 Å². The number of halogens is 1. The molecule has 0 saturated carbocycles. The Labute approximate surface area is 320 Å².